The highest BCUT2D eigenvalue weighted by Gasteiger charge is 2.51. The quantitative estimate of drug-likeness (QED) is 0.164. The van der Waals surface area contributed by atoms with Crippen LogP contribution in [0.1, 0.15) is 74.9 Å². The Kier molecular flexibility index (Phi) is 10.2. The van der Waals surface area contributed by atoms with E-state index in [0.717, 1.165) is 17.1 Å². The van der Waals surface area contributed by atoms with Gasteiger partial charge < -0.3 is 4.90 Å². The minimum Gasteiger partial charge on any atom is -0.309 e. The number of fused-ring (bicyclic) bond motifs is 10. The summed E-state index contributed by atoms with van der Waals surface area (Å²) in [5, 5.41) is 2.46. The molecule has 0 fully saturated rings. The van der Waals surface area contributed by atoms with E-state index in [2.05, 4.69) is 271 Å². The largest absolute Gasteiger partial charge is 0.309 e. The molecule has 0 bridgehead atoms. The van der Waals surface area contributed by atoms with Crippen LogP contribution in [-0.2, 0) is 16.2 Å². The maximum atomic E-state index is 2.55. The molecule has 2 aliphatic rings. The van der Waals surface area contributed by atoms with Gasteiger partial charge in [-0.1, -0.05) is 235 Å². The normalized spacial score (nSPS) is 13.4. The van der Waals surface area contributed by atoms with Gasteiger partial charge in [0.15, 0.2) is 0 Å². The molecule has 0 unspecified atom stereocenters. The molecule has 10 aromatic rings. The summed E-state index contributed by atoms with van der Waals surface area (Å²) in [5.41, 5.74) is 20.7. The first-order chi connectivity index (χ1) is 33.5. The Labute approximate surface area is 412 Å². The van der Waals surface area contributed by atoms with Crippen LogP contribution in [0.25, 0.3) is 55.3 Å². The summed E-state index contributed by atoms with van der Waals surface area (Å²) in [7, 11) is 0. The number of anilines is 3. The zero-order valence-electron chi connectivity index (χ0n) is 40.2. The van der Waals surface area contributed by atoms with Gasteiger partial charge in [0, 0.05) is 26.6 Å². The number of hydrogen-bond acceptors (Lipinski definition) is 2. The molecular formula is C67H55NS. The first kappa shape index (κ1) is 42.9. The third-order valence-corrected chi connectivity index (χ3v) is 15.8. The summed E-state index contributed by atoms with van der Waals surface area (Å²) >= 11 is 1.91. The van der Waals surface area contributed by atoms with Crippen LogP contribution in [-0.4, -0.2) is 0 Å². The van der Waals surface area contributed by atoms with Crippen LogP contribution >= 0.6 is 11.8 Å². The van der Waals surface area contributed by atoms with E-state index in [1.807, 2.05) is 11.8 Å². The van der Waals surface area contributed by atoms with E-state index in [9.17, 15) is 0 Å². The van der Waals surface area contributed by atoms with Gasteiger partial charge in [0.2, 0.25) is 0 Å². The molecule has 1 spiro atoms. The third kappa shape index (κ3) is 7.07. The number of nitrogens with zero attached hydrogens (tertiary/aromatic N) is 1. The van der Waals surface area contributed by atoms with Crippen molar-refractivity contribution >= 4 is 39.6 Å². The van der Waals surface area contributed by atoms with Gasteiger partial charge in [0.05, 0.1) is 16.8 Å². The van der Waals surface area contributed by atoms with Crippen LogP contribution in [0, 0.1) is 0 Å². The Balaban J connectivity index is 1.11. The fraction of sp³-hybridized carbons (Fsp3) is 0.134. The average Bonchev–Trinajstić information content (AvgIpc) is 3.66. The van der Waals surface area contributed by atoms with Crippen molar-refractivity contribution in [3.63, 3.8) is 0 Å². The molecule has 0 radical (unpaired) electrons. The van der Waals surface area contributed by atoms with E-state index >= 15 is 0 Å². The van der Waals surface area contributed by atoms with Crippen molar-refractivity contribution in [1.29, 1.82) is 0 Å². The Morgan fingerprint density at radius 1 is 0.348 bits per heavy atom. The lowest BCUT2D eigenvalue weighted by Crippen LogP contribution is -2.33. The monoisotopic (exact) mass is 905 g/mol. The predicted molar refractivity (Wildman–Crippen MR) is 294 cm³/mol. The molecule has 10 aromatic carbocycles. The van der Waals surface area contributed by atoms with E-state index < -0.39 is 5.41 Å². The molecule has 0 saturated carbocycles. The van der Waals surface area contributed by atoms with E-state index in [1.54, 1.807) is 0 Å². The van der Waals surface area contributed by atoms with Crippen molar-refractivity contribution in [3.05, 3.63) is 258 Å². The van der Waals surface area contributed by atoms with E-state index in [0.29, 0.717) is 0 Å². The number of para-hydroxylation sites is 2. The van der Waals surface area contributed by atoms with Gasteiger partial charge in [0.25, 0.3) is 0 Å². The Morgan fingerprint density at radius 3 is 1.57 bits per heavy atom. The van der Waals surface area contributed by atoms with E-state index in [4.69, 9.17) is 0 Å². The zero-order chi connectivity index (χ0) is 47.1. The molecule has 0 saturated heterocycles. The molecule has 69 heavy (non-hydrogen) atoms. The second-order valence-electron chi connectivity index (χ2n) is 20.9. The summed E-state index contributed by atoms with van der Waals surface area (Å²) in [6.07, 6.45) is 0. The maximum Gasteiger partial charge on any atom is 0.0735 e. The maximum absolute atomic E-state index is 2.55. The summed E-state index contributed by atoms with van der Waals surface area (Å²) in [6, 6.07) is 84.4. The SMILES string of the molecule is CC(C)(C)c1ccc2c(c1)C1(c3ccccc3Sc3ccc(-c4ccccc4N(c4ccc(-c5ccccc5)cc4)c4ccccc4-c4cccc5ccccc45)cc31)c1cc(C(C)(C)C)ccc1-2. The molecule has 0 atom stereocenters. The fourth-order valence-corrected chi connectivity index (χ4v) is 12.3. The van der Waals surface area contributed by atoms with Crippen molar-refractivity contribution in [2.75, 3.05) is 4.90 Å². The van der Waals surface area contributed by atoms with E-state index in [1.165, 1.54) is 98.5 Å². The van der Waals surface area contributed by atoms with Crippen molar-refractivity contribution in [3.8, 4) is 44.5 Å². The molecule has 1 aliphatic carbocycles. The van der Waals surface area contributed by atoms with Gasteiger partial charge >= 0.3 is 0 Å². The molecule has 1 aliphatic heterocycles. The highest BCUT2D eigenvalue weighted by Crippen LogP contribution is 2.63. The topological polar surface area (TPSA) is 3.24 Å². The first-order valence-corrected chi connectivity index (χ1v) is 25.1. The van der Waals surface area contributed by atoms with Crippen molar-refractivity contribution in [2.24, 2.45) is 0 Å². The molecule has 12 rings (SSSR count). The molecule has 1 nitrogen and oxygen atoms in total. The van der Waals surface area contributed by atoms with Crippen LogP contribution in [0.2, 0.25) is 0 Å². The molecular weight excluding hydrogens is 851 g/mol. The third-order valence-electron chi connectivity index (χ3n) is 14.7. The van der Waals surface area contributed by atoms with Crippen LogP contribution in [0.5, 0.6) is 0 Å². The zero-order valence-corrected chi connectivity index (χ0v) is 41.0. The van der Waals surface area contributed by atoms with E-state index in [-0.39, 0.29) is 10.8 Å². The van der Waals surface area contributed by atoms with Crippen LogP contribution in [0.4, 0.5) is 17.1 Å². The van der Waals surface area contributed by atoms with Crippen LogP contribution in [0.3, 0.4) is 0 Å². The lowest BCUT2D eigenvalue weighted by Gasteiger charge is -2.41. The highest BCUT2D eigenvalue weighted by molar-refractivity contribution is 7.99. The summed E-state index contributed by atoms with van der Waals surface area (Å²) in [5.74, 6) is 0. The standard InChI is InChI=1S/C67H55NS/c1-65(2,3)48-34-38-54-55-39-35-49(66(4,5)6)43-59(55)67(58(54)42-48)57-27-14-17-30-63(57)69-64-40-33-47(41-60(64)67)52-24-12-15-28-61(52)68(50-36-31-45(32-37-50)44-19-8-7-9-20-44)62-29-16-13-25-56(62)53-26-18-22-46-21-10-11-23-51(46)53/h7-43H,1-6H3. The Bertz CT molecular complexity index is 3540. The number of hydrogen-bond donors (Lipinski definition) is 0. The fourth-order valence-electron chi connectivity index (χ4n) is 11.2. The first-order valence-electron chi connectivity index (χ1n) is 24.3. The molecule has 1 heterocycles. The minimum absolute atomic E-state index is 0.0286. The Hall–Kier alpha value is -7.39. The number of benzene rings is 10. The highest BCUT2D eigenvalue weighted by atomic mass is 32.2. The summed E-state index contributed by atoms with van der Waals surface area (Å²) < 4.78 is 0. The smallest absolute Gasteiger partial charge is 0.0735 e. The Morgan fingerprint density at radius 2 is 0.870 bits per heavy atom. The molecule has 2 heteroatoms. The van der Waals surface area contributed by atoms with Gasteiger partial charge in [-0.05, 0) is 131 Å². The predicted octanol–water partition coefficient (Wildman–Crippen LogP) is 18.7. The average molecular weight is 906 g/mol. The lowest BCUT2D eigenvalue weighted by atomic mass is 9.65. The minimum atomic E-state index is -0.538. The molecule has 0 aromatic heterocycles. The van der Waals surface area contributed by atoms with Crippen molar-refractivity contribution < 1.29 is 0 Å². The van der Waals surface area contributed by atoms with Crippen molar-refractivity contribution in [2.45, 2.75) is 67.6 Å². The van der Waals surface area contributed by atoms with Gasteiger partial charge in [-0.25, -0.2) is 0 Å². The number of rotatable bonds is 6. The van der Waals surface area contributed by atoms with Gasteiger partial charge in [0.1, 0.15) is 0 Å². The summed E-state index contributed by atoms with van der Waals surface area (Å²) in [4.78, 5) is 5.10. The van der Waals surface area contributed by atoms with Gasteiger partial charge in [-0.15, -0.1) is 0 Å². The van der Waals surface area contributed by atoms with Gasteiger partial charge in [-0.3, -0.25) is 0 Å². The van der Waals surface area contributed by atoms with Crippen LogP contribution in [0.15, 0.2) is 234 Å². The lowest BCUT2D eigenvalue weighted by molar-refractivity contribution is 0.585. The second kappa shape index (κ2) is 16.4. The second-order valence-corrected chi connectivity index (χ2v) is 22.0. The molecule has 334 valence electrons. The summed E-state index contributed by atoms with van der Waals surface area (Å²) in [6.45, 7) is 14.0. The molecule has 0 amide bonds. The van der Waals surface area contributed by atoms with Crippen molar-refractivity contribution in [1.82, 2.24) is 0 Å². The molecule has 0 N–H and O–H groups in total. The van der Waals surface area contributed by atoms with Crippen LogP contribution < -0.4 is 4.90 Å². The van der Waals surface area contributed by atoms with Gasteiger partial charge in [-0.2, -0.15) is 0 Å².